The lowest BCUT2D eigenvalue weighted by atomic mass is 10.1. The highest BCUT2D eigenvalue weighted by Gasteiger charge is 2.08. The van der Waals surface area contributed by atoms with Crippen LogP contribution in [-0.2, 0) is 6.54 Å². The monoisotopic (exact) mass is 296 g/mol. The van der Waals surface area contributed by atoms with Crippen LogP contribution in [0.1, 0.15) is 36.9 Å². The van der Waals surface area contributed by atoms with Crippen LogP contribution in [0.4, 0.5) is 0 Å². The summed E-state index contributed by atoms with van der Waals surface area (Å²) in [7, 11) is 0. The Morgan fingerprint density at radius 3 is 2.79 bits per heavy atom. The Labute approximate surface area is 124 Å². The van der Waals surface area contributed by atoms with Crippen molar-refractivity contribution in [2.24, 2.45) is 5.73 Å². The summed E-state index contributed by atoms with van der Waals surface area (Å²) in [5, 5.41) is 1.21. The molecular weight excluding hydrogens is 279 g/mol. The van der Waals surface area contributed by atoms with Crippen molar-refractivity contribution in [1.29, 1.82) is 0 Å². The van der Waals surface area contributed by atoms with Gasteiger partial charge in [-0.25, -0.2) is 0 Å². The summed E-state index contributed by atoms with van der Waals surface area (Å²) in [6.07, 6.45) is 6.20. The van der Waals surface area contributed by atoms with Crippen LogP contribution in [0.2, 0.25) is 10.0 Å². The van der Waals surface area contributed by atoms with E-state index in [2.05, 4.69) is 23.8 Å². The van der Waals surface area contributed by atoms with Gasteiger partial charge in [-0.1, -0.05) is 48.7 Å². The fourth-order valence-electron chi connectivity index (χ4n) is 2.12. The van der Waals surface area contributed by atoms with E-state index < -0.39 is 0 Å². The minimum absolute atomic E-state index is 0.112. The maximum absolute atomic E-state index is 6.19. The third-order valence-electron chi connectivity index (χ3n) is 3.19. The molecule has 19 heavy (non-hydrogen) atoms. The Kier molecular flexibility index (Phi) is 4.92. The van der Waals surface area contributed by atoms with Gasteiger partial charge in [-0.15, -0.1) is 0 Å². The minimum atomic E-state index is 0.112. The van der Waals surface area contributed by atoms with Crippen molar-refractivity contribution in [3.63, 3.8) is 0 Å². The standard InChI is InChI=1S/C15H18Cl2N2/c1-2-4-14(18)11-7-8-19(9-11)10-12-5-3-6-13(16)15(12)17/h3,5-9,14H,2,4,10,18H2,1H3. The van der Waals surface area contributed by atoms with E-state index >= 15 is 0 Å². The second kappa shape index (κ2) is 6.47. The lowest BCUT2D eigenvalue weighted by Gasteiger charge is -2.09. The second-order valence-corrected chi connectivity index (χ2v) is 5.51. The molecule has 2 nitrogen and oxygen atoms in total. The van der Waals surface area contributed by atoms with Crippen molar-refractivity contribution in [2.75, 3.05) is 0 Å². The van der Waals surface area contributed by atoms with Gasteiger partial charge in [0.1, 0.15) is 0 Å². The van der Waals surface area contributed by atoms with Crippen LogP contribution in [0, 0.1) is 0 Å². The first kappa shape index (κ1) is 14.4. The van der Waals surface area contributed by atoms with Gasteiger partial charge in [0.05, 0.1) is 10.0 Å². The molecule has 0 saturated heterocycles. The Morgan fingerprint density at radius 1 is 1.26 bits per heavy atom. The third kappa shape index (κ3) is 3.53. The minimum Gasteiger partial charge on any atom is -0.350 e. The maximum atomic E-state index is 6.19. The normalized spacial score (nSPS) is 12.6. The summed E-state index contributed by atoms with van der Waals surface area (Å²) in [4.78, 5) is 0. The average Bonchev–Trinajstić information content (AvgIpc) is 2.84. The van der Waals surface area contributed by atoms with Crippen LogP contribution in [0.25, 0.3) is 0 Å². The molecule has 0 fully saturated rings. The fraction of sp³-hybridized carbons (Fsp3) is 0.333. The molecule has 0 radical (unpaired) electrons. The van der Waals surface area contributed by atoms with Gasteiger partial charge in [-0.2, -0.15) is 0 Å². The maximum Gasteiger partial charge on any atom is 0.0642 e. The van der Waals surface area contributed by atoms with Crippen molar-refractivity contribution in [2.45, 2.75) is 32.4 Å². The number of benzene rings is 1. The van der Waals surface area contributed by atoms with E-state index in [9.17, 15) is 0 Å². The number of hydrogen-bond donors (Lipinski definition) is 1. The predicted octanol–water partition coefficient (Wildman–Crippen LogP) is 4.64. The van der Waals surface area contributed by atoms with Crippen molar-refractivity contribution < 1.29 is 0 Å². The largest absolute Gasteiger partial charge is 0.350 e. The number of nitrogens with zero attached hydrogens (tertiary/aromatic N) is 1. The van der Waals surface area contributed by atoms with Gasteiger partial charge in [0.15, 0.2) is 0 Å². The molecule has 0 bridgehead atoms. The van der Waals surface area contributed by atoms with E-state index in [-0.39, 0.29) is 6.04 Å². The first-order valence-electron chi connectivity index (χ1n) is 6.46. The summed E-state index contributed by atoms with van der Waals surface area (Å²) < 4.78 is 2.09. The lowest BCUT2D eigenvalue weighted by molar-refractivity contribution is 0.636. The number of nitrogens with two attached hydrogens (primary N) is 1. The molecule has 2 aromatic rings. The van der Waals surface area contributed by atoms with Crippen LogP contribution in [0.5, 0.6) is 0 Å². The molecular formula is C15H18Cl2N2. The van der Waals surface area contributed by atoms with E-state index in [0.717, 1.165) is 18.4 Å². The van der Waals surface area contributed by atoms with Crippen LogP contribution in [0.15, 0.2) is 36.7 Å². The first-order valence-corrected chi connectivity index (χ1v) is 7.21. The van der Waals surface area contributed by atoms with Gasteiger partial charge < -0.3 is 10.3 Å². The van der Waals surface area contributed by atoms with Crippen molar-refractivity contribution in [3.05, 3.63) is 57.8 Å². The van der Waals surface area contributed by atoms with Crippen LogP contribution in [-0.4, -0.2) is 4.57 Å². The topological polar surface area (TPSA) is 30.9 Å². The van der Waals surface area contributed by atoms with Gasteiger partial charge in [-0.05, 0) is 29.7 Å². The molecule has 1 heterocycles. The number of halogens is 2. The Hall–Kier alpha value is -0.960. The lowest BCUT2D eigenvalue weighted by Crippen LogP contribution is -2.08. The summed E-state index contributed by atoms with van der Waals surface area (Å²) in [5.74, 6) is 0. The fourth-order valence-corrected chi connectivity index (χ4v) is 2.50. The van der Waals surface area contributed by atoms with E-state index in [4.69, 9.17) is 28.9 Å². The Morgan fingerprint density at radius 2 is 2.05 bits per heavy atom. The SMILES string of the molecule is CCCC(N)c1ccn(Cc2cccc(Cl)c2Cl)c1. The molecule has 102 valence electrons. The second-order valence-electron chi connectivity index (χ2n) is 4.73. The van der Waals surface area contributed by atoms with Gasteiger partial charge in [0.2, 0.25) is 0 Å². The molecule has 1 aromatic heterocycles. The number of rotatable bonds is 5. The van der Waals surface area contributed by atoms with Gasteiger partial charge in [0.25, 0.3) is 0 Å². The first-order chi connectivity index (χ1) is 9.11. The summed E-state index contributed by atoms with van der Waals surface area (Å²) in [6.45, 7) is 2.85. The average molecular weight is 297 g/mol. The number of aromatic nitrogens is 1. The van der Waals surface area contributed by atoms with Crippen LogP contribution in [0.3, 0.4) is 0 Å². The molecule has 0 aliphatic heterocycles. The molecule has 0 aliphatic rings. The van der Waals surface area contributed by atoms with E-state index in [1.807, 2.05) is 18.3 Å². The van der Waals surface area contributed by atoms with Gasteiger partial charge >= 0.3 is 0 Å². The van der Waals surface area contributed by atoms with Crippen LogP contribution < -0.4 is 5.73 Å². The Bertz CT molecular complexity index is 549. The molecule has 1 unspecified atom stereocenters. The van der Waals surface area contributed by atoms with Crippen molar-refractivity contribution in [1.82, 2.24) is 4.57 Å². The smallest absolute Gasteiger partial charge is 0.0642 e. The molecule has 1 atom stereocenters. The molecule has 0 spiro atoms. The zero-order valence-corrected chi connectivity index (χ0v) is 12.5. The van der Waals surface area contributed by atoms with E-state index in [1.165, 1.54) is 5.56 Å². The van der Waals surface area contributed by atoms with Gasteiger partial charge in [0, 0.05) is 25.0 Å². The van der Waals surface area contributed by atoms with Crippen molar-refractivity contribution >= 4 is 23.2 Å². The highest BCUT2D eigenvalue weighted by atomic mass is 35.5. The zero-order valence-electron chi connectivity index (χ0n) is 10.9. The zero-order chi connectivity index (χ0) is 13.8. The highest BCUT2D eigenvalue weighted by Crippen LogP contribution is 2.26. The molecule has 0 saturated carbocycles. The Balaban J connectivity index is 2.14. The van der Waals surface area contributed by atoms with Crippen molar-refractivity contribution in [3.8, 4) is 0 Å². The highest BCUT2D eigenvalue weighted by molar-refractivity contribution is 6.42. The van der Waals surface area contributed by atoms with E-state index in [1.54, 1.807) is 6.07 Å². The molecule has 0 aliphatic carbocycles. The molecule has 1 aromatic carbocycles. The predicted molar refractivity (Wildman–Crippen MR) is 81.8 cm³/mol. The third-order valence-corrected chi connectivity index (χ3v) is 4.04. The summed E-state index contributed by atoms with van der Waals surface area (Å²) in [5.41, 5.74) is 8.29. The quantitative estimate of drug-likeness (QED) is 0.856. The summed E-state index contributed by atoms with van der Waals surface area (Å²) in [6, 6.07) is 7.88. The molecule has 2 rings (SSSR count). The molecule has 2 N–H and O–H groups in total. The number of hydrogen-bond acceptors (Lipinski definition) is 1. The molecule has 4 heteroatoms. The molecule has 0 amide bonds. The van der Waals surface area contributed by atoms with Crippen LogP contribution >= 0.6 is 23.2 Å². The summed E-state index contributed by atoms with van der Waals surface area (Å²) >= 11 is 12.2. The van der Waals surface area contributed by atoms with E-state index in [0.29, 0.717) is 16.6 Å². The van der Waals surface area contributed by atoms with Gasteiger partial charge in [-0.3, -0.25) is 0 Å².